The predicted octanol–water partition coefficient (Wildman–Crippen LogP) is 0.745. The fourth-order valence-electron chi connectivity index (χ4n) is 3.34. The molecule has 2 aliphatic heterocycles. The van der Waals surface area contributed by atoms with Crippen LogP contribution in [0.25, 0.3) is 0 Å². The summed E-state index contributed by atoms with van der Waals surface area (Å²) in [5.74, 6) is 1.66. The van der Waals surface area contributed by atoms with Crippen molar-refractivity contribution in [2.75, 3.05) is 26.2 Å². The van der Waals surface area contributed by atoms with Gasteiger partial charge < -0.3 is 9.80 Å². The Morgan fingerprint density at radius 1 is 1.44 bits per heavy atom. The summed E-state index contributed by atoms with van der Waals surface area (Å²) in [6.07, 6.45) is 2.80. The van der Waals surface area contributed by atoms with E-state index >= 15 is 0 Å². The first kappa shape index (κ1) is 11.8. The Labute approximate surface area is 108 Å². The Kier molecular flexibility index (Phi) is 2.68. The summed E-state index contributed by atoms with van der Waals surface area (Å²) >= 11 is 0. The molecule has 2 heterocycles. The summed E-state index contributed by atoms with van der Waals surface area (Å²) < 4.78 is 0. The molecule has 98 valence electrons. The van der Waals surface area contributed by atoms with Gasteiger partial charge in [0.15, 0.2) is 0 Å². The van der Waals surface area contributed by atoms with Crippen molar-refractivity contribution < 1.29 is 9.59 Å². The Balaban J connectivity index is 1.62. The molecule has 2 amide bonds. The first-order chi connectivity index (χ1) is 8.61. The maximum Gasteiger partial charge on any atom is 0.228 e. The van der Waals surface area contributed by atoms with Crippen molar-refractivity contribution in [3.8, 4) is 0 Å². The Morgan fingerprint density at radius 2 is 2.17 bits per heavy atom. The van der Waals surface area contributed by atoms with Gasteiger partial charge in [-0.3, -0.25) is 9.59 Å². The van der Waals surface area contributed by atoms with E-state index in [4.69, 9.17) is 0 Å². The Hall–Kier alpha value is -1.32. The van der Waals surface area contributed by atoms with Gasteiger partial charge in [0, 0.05) is 38.0 Å². The highest BCUT2D eigenvalue weighted by Crippen LogP contribution is 2.41. The molecule has 2 saturated heterocycles. The first-order valence-corrected chi connectivity index (χ1v) is 6.80. The normalized spacial score (nSPS) is 37.9. The van der Waals surface area contributed by atoms with Crippen molar-refractivity contribution in [1.29, 1.82) is 0 Å². The molecule has 0 radical (unpaired) electrons. The van der Waals surface area contributed by atoms with Crippen LogP contribution in [0.2, 0.25) is 0 Å². The molecule has 0 aromatic carbocycles. The molecule has 0 N–H and O–H groups in total. The quantitative estimate of drug-likeness (QED) is 0.691. The summed E-state index contributed by atoms with van der Waals surface area (Å²) in [5.41, 5.74) is 0. The molecular formula is C14H20N2O2. The lowest BCUT2D eigenvalue weighted by Gasteiger charge is -2.21. The lowest BCUT2D eigenvalue weighted by Crippen LogP contribution is -2.36. The largest absolute Gasteiger partial charge is 0.341 e. The van der Waals surface area contributed by atoms with Gasteiger partial charge in [0.05, 0.1) is 5.92 Å². The van der Waals surface area contributed by atoms with Crippen LogP contribution in [0.1, 0.15) is 13.3 Å². The number of carbonyl (C=O) groups is 2. The Bertz CT molecular complexity index is 407. The van der Waals surface area contributed by atoms with Crippen LogP contribution in [0.3, 0.4) is 0 Å². The van der Waals surface area contributed by atoms with Gasteiger partial charge in [-0.25, -0.2) is 0 Å². The molecule has 0 aromatic heterocycles. The van der Waals surface area contributed by atoms with E-state index in [0.717, 1.165) is 19.5 Å². The van der Waals surface area contributed by atoms with Crippen molar-refractivity contribution in [3.63, 3.8) is 0 Å². The molecule has 4 heteroatoms. The highest BCUT2D eigenvalue weighted by atomic mass is 16.2. The number of hydrogen-bond donors (Lipinski definition) is 0. The van der Waals surface area contributed by atoms with Gasteiger partial charge >= 0.3 is 0 Å². The second kappa shape index (κ2) is 4.11. The minimum Gasteiger partial charge on any atom is -0.341 e. The van der Waals surface area contributed by atoms with E-state index in [1.807, 2.05) is 9.80 Å². The van der Waals surface area contributed by atoms with Crippen molar-refractivity contribution in [3.05, 3.63) is 12.7 Å². The van der Waals surface area contributed by atoms with Gasteiger partial charge in [0.25, 0.3) is 0 Å². The average molecular weight is 248 g/mol. The fraction of sp³-hybridized carbons (Fsp3) is 0.714. The molecule has 18 heavy (non-hydrogen) atoms. The summed E-state index contributed by atoms with van der Waals surface area (Å²) in [7, 11) is 0. The summed E-state index contributed by atoms with van der Waals surface area (Å²) in [4.78, 5) is 28.1. The molecule has 3 fully saturated rings. The molecule has 4 nitrogen and oxygen atoms in total. The zero-order valence-electron chi connectivity index (χ0n) is 10.8. The Morgan fingerprint density at radius 3 is 2.72 bits per heavy atom. The molecule has 0 spiro atoms. The van der Waals surface area contributed by atoms with Gasteiger partial charge in [-0.05, 0) is 12.3 Å². The van der Waals surface area contributed by atoms with E-state index in [1.54, 1.807) is 6.08 Å². The zero-order chi connectivity index (χ0) is 12.9. The highest BCUT2D eigenvalue weighted by molar-refractivity contribution is 5.86. The third-order valence-corrected chi connectivity index (χ3v) is 4.61. The molecule has 3 rings (SSSR count). The lowest BCUT2D eigenvalue weighted by molar-refractivity contribution is -0.134. The summed E-state index contributed by atoms with van der Waals surface area (Å²) in [6.45, 7) is 8.64. The van der Waals surface area contributed by atoms with Crippen molar-refractivity contribution >= 4 is 11.8 Å². The van der Waals surface area contributed by atoms with Crippen molar-refractivity contribution in [1.82, 2.24) is 9.80 Å². The minimum atomic E-state index is 0.0444. The standard InChI is InChI=1S/C14H20N2O2/c1-3-4-15-6-10-7-16(8-12(10)14(15)18)13(17)11-5-9(11)2/h3,9-12H,1,4-8H2,2H3/t9-,10+,11-,12-/m0/s1. The number of amides is 2. The van der Waals surface area contributed by atoms with Gasteiger partial charge in [-0.2, -0.15) is 0 Å². The van der Waals surface area contributed by atoms with Crippen LogP contribution in [0.5, 0.6) is 0 Å². The van der Waals surface area contributed by atoms with E-state index < -0.39 is 0 Å². The van der Waals surface area contributed by atoms with Crippen LogP contribution >= 0.6 is 0 Å². The average Bonchev–Trinajstić information content (AvgIpc) is 2.81. The molecule has 3 aliphatic rings. The van der Waals surface area contributed by atoms with Crippen molar-refractivity contribution in [2.45, 2.75) is 13.3 Å². The van der Waals surface area contributed by atoms with E-state index in [2.05, 4.69) is 13.5 Å². The van der Waals surface area contributed by atoms with Gasteiger partial charge in [-0.1, -0.05) is 13.0 Å². The molecule has 0 aromatic rings. The monoisotopic (exact) mass is 248 g/mol. The summed E-state index contributed by atoms with van der Waals surface area (Å²) in [6, 6.07) is 0. The number of rotatable bonds is 3. The molecule has 1 aliphatic carbocycles. The third-order valence-electron chi connectivity index (χ3n) is 4.61. The predicted molar refractivity (Wildman–Crippen MR) is 67.6 cm³/mol. The van der Waals surface area contributed by atoms with Gasteiger partial charge in [0.2, 0.25) is 11.8 Å². The van der Waals surface area contributed by atoms with Crippen molar-refractivity contribution in [2.24, 2.45) is 23.7 Å². The molecule has 1 saturated carbocycles. The molecule has 0 bridgehead atoms. The maximum atomic E-state index is 12.1. The van der Waals surface area contributed by atoms with E-state index in [-0.39, 0.29) is 23.7 Å². The number of nitrogens with zero attached hydrogens (tertiary/aromatic N) is 2. The summed E-state index contributed by atoms with van der Waals surface area (Å²) in [5, 5.41) is 0. The lowest BCUT2D eigenvalue weighted by atomic mass is 10.0. The van der Waals surface area contributed by atoms with E-state index in [0.29, 0.717) is 24.9 Å². The molecule has 4 atom stereocenters. The van der Waals surface area contributed by atoms with Crippen LogP contribution in [-0.2, 0) is 9.59 Å². The zero-order valence-corrected chi connectivity index (χ0v) is 10.8. The van der Waals surface area contributed by atoms with Crippen LogP contribution in [0.4, 0.5) is 0 Å². The first-order valence-electron chi connectivity index (χ1n) is 6.80. The van der Waals surface area contributed by atoms with Gasteiger partial charge in [0.1, 0.15) is 0 Å². The number of fused-ring (bicyclic) bond motifs is 1. The van der Waals surface area contributed by atoms with Gasteiger partial charge in [-0.15, -0.1) is 6.58 Å². The van der Waals surface area contributed by atoms with Crippen LogP contribution in [-0.4, -0.2) is 47.8 Å². The SMILES string of the molecule is C=CCN1C[C@@H]2CN(C(=O)[C@H]3C[C@@H]3C)C[C@@H]2C1=O. The second-order valence-corrected chi connectivity index (χ2v) is 5.96. The molecular weight excluding hydrogens is 228 g/mol. The number of carbonyl (C=O) groups excluding carboxylic acids is 2. The maximum absolute atomic E-state index is 12.1. The highest BCUT2D eigenvalue weighted by Gasteiger charge is 2.50. The smallest absolute Gasteiger partial charge is 0.228 e. The fourth-order valence-corrected chi connectivity index (χ4v) is 3.34. The minimum absolute atomic E-state index is 0.0444. The number of hydrogen-bond acceptors (Lipinski definition) is 2. The van der Waals surface area contributed by atoms with E-state index in [1.165, 1.54) is 0 Å². The van der Waals surface area contributed by atoms with Crippen LogP contribution in [0, 0.1) is 23.7 Å². The molecule has 0 unspecified atom stereocenters. The third kappa shape index (κ3) is 1.74. The van der Waals surface area contributed by atoms with Crippen LogP contribution < -0.4 is 0 Å². The van der Waals surface area contributed by atoms with Crippen LogP contribution in [0.15, 0.2) is 12.7 Å². The number of likely N-dealkylation sites (tertiary alicyclic amines) is 2. The topological polar surface area (TPSA) is 40.6 Å². The van der Waals surface area contributed by atoms with E-state index in [9.17, 15) is 9.59 Å². The second-order valence-electron chi connectivity index (χ2n) is 5.96.